The highest BCUT2D eigenvalue weighted by Crippen LogP contribution is 2.27. The summed E-state index contributed by atoms with van der Waals surface area (Å²) < 4.78 is 40.1. The first-order valence-electron chi connectivity index (χ1n) is 5.98. The first-order valence-corrected chi connectivity index (χ1v) is 5.98. The van der Waals surface area contributed by atoms with Crippen LogP contribution in [0.3, 0.4) is 0 Å². The fraction of sp³-hybridized carbons (Fsp3) is 0.538. The molecule has 0 saturated heterocycles. The van der Waals surface area contributed by atoms with Crippen molar-refractivity contribution in [3.8, 4) is 5.75 Å². The average Bonchev–Trinajstić information content (AvgIpc) is 2.25. The number of hydrogen-bond donors (Lipinski definition) is 2. The molecule has 0 radical (unpaired) electrons. The number of nitrogens with two attached hydrogens (primary N) is 1. The molecule has 1 aromatic carbocycles. The zero-order valence-corrected chi connectivity index (χ0v) is 12.0. The third-order valence-corrected chi connectivity index (χ3v) is 2.60. The number of hydrogen-bond acceptors (Lipinski definition) is 3. The van der Waals surface area contributed by atoms with Gasteiger partial charge in [0.2, 0.25) is 0 Å². The Labute approximate surface area is 122 Å². The van der Waals surface area contributed by atoms with Crippen LogP contribution in [-0.4, -0.2) is 17.6 Å². The number of ether oxygens (including phenoxy) is 1. The Balaban J connectivity index is 0.00000361. The predicted molar refractivity (Wildman–Crippen MR) is 72.8 cm³/mol. The molecule has 2 atom stereocenters. The minimum Gasteiger partial charge on any atom is -0.406 e. The lowest BCUT2D eigenvalue weighted by Crippen LogP contribution is -2.27. The number of halogens is 4. The van der Waals surface area contributed by atoms with E-state index in [0.717, 1.165) is 0 Å². The van der Waals surface area contributed by atoms with Gasteiger partial charge in [-0.1, -0.05) is 26.0 Å². The molecule has 7 heteroatoms. The first-order chi connectivity index (χ1) is 8.69. The third-order valence-electron chi connectivity index (χ3n) is 2.60. The van der Waals surface area contributed by atoms with Crippen molar-refractivity contribution in [2.45, 2.75) is 38.8 Å². The van der Waals surface area contributed by atoms with Crippen LogP contribution in [0, 0.1) is 5.92 Å². The Morgan fingerprint density at radius 1 is 1.30 bits per heavy atom. The predicted octanol–water partition coefficient (Wildman–Crippen LogP) is 3.41. The molecule has 3 N–H and O–H groups in total. The minimum absolute atomic E-state index is 0. The summed E-state index contributed by atoms with van der Waals surface area (Å²) in [5, 5.41) is 9.88. The lowest BCUT2D eigenvalue weighted by Gasteiger charge is -2.21. The largest absolute Gasteiger partial charge is 0.573 e. The van der Waals surface area contributed by atoms with E-state index in [0.29, 0.717) is 12.0 Å². The Bertz CT molecular complexity index is 413. The van der Waals surface area contributed by atoms with Gasteiger partial charge in [0.1, 0.15) is 5.75 Å². The van der Waals surface area contributed by atoms with E-state index in [-0.39, 0.29) is 24.1 Å². The summed E-state index contributed by atoms with van der Waals surface area (Å²) in [5.41, 5.74) is 6.24. The lowest BCUT2D eigenvalue weighted by atomic mass is 9.95. The monoisotopic (exact) mass is 313 g/mol. The highest BCUT2D eigenvalue weighted by Gasteiger charge is 2.31. The molecule has 0 amide bonds. The lowest BCUT2D eigenvalue weighted by molar-refractivity contribution is -0.274. The molecule has 0 fully saturated rings. The number of rotatable bonds is 5. The van der Waals surface area contributed by atoms with Crippen molar-refractivity contribution in [3.63, 3.8) is 0 Å². The summed E-state index contributed by atoms with van der Waals surface area (Å²) in [5.74, 6) is -0.0899. The Hall–Kier alpha value is -0.980. The Morgan fingerprint density at radius 3 is 2.40 bits per heavy atom. The molecule has 0 unspecified atom stereocenters. The van der Waals surface area contributed by atoms with Gasteiger partial charge in [0.15, 0.2) is 0 Å². The van der Waals surface area contributed by atoms with E-state index in [9.17, 15) is 18.3 Å². The van der Waals surface area contributed by atoms with Crippen LogP contribution in [-0.2, 0) is 0 Å². The van der Waals surface area contributed by atoms with Crippen LogP contribution in [0.1, 0.15) is 31.9 Å². The fourth-order valence-corrected chi connectivity index (χ4v) is 1.77. The summed E-state index contributed by atoms with van der Waals surface area (Å²) in [7, 11) is 0. The molecule has 0 bridgehead atoms. The van der Waals surface area contributed by atoms with E-state index >= 15 is 0 Å². The van der Waals surface area contributed by atoms with Gasteiger partial charge in [0.05, 0.1) is 12.1 Å². The maximum atomic E-state index is 12.1. The molecule has 0 spiro atoms. The van der Waals surface area contributed by atoms with E-state index in [1.807, 2.05) is 13.8 Å². The first kappa shape index (κ1) is 19.0. The Morgan fingerprint density at radius 2 is 1.90 bits per heavy atom. The van der Waals surface area contributed by atoms with Gasteiger partial charge < -0.3 is 15.6 Å². The molecule has 0 aliphatic carbocycles. The third kappa shape index (κ3) is 6.45. The summed E-state index contributed by atoms with van der Waals surface area (Å²) in [4.78, 5) is 0. The van der Waals surface area contributed by atoms with Gasteiger partial charge >= 0.3 is 6.36 Å². The average molecular weight is 314 g/mol. The van der Waals surface area contributed by atoms with Crippen LogP contribution in [0.5, 0.6) is 5.75 Å². The van der Waals surface area contributed by atoms with E-state index in [1.165, 1.54) is 18.2 Å². The van der Waals surface area contributed by atoms with Crippen molar-refractivity contribution in [1.82, 2.24) is 0 Å². The number of aliphatic hydroxyl groups is 1. The van der Waals surface area contributed by atoms with Crippen molar-refractivity contribution >= 4 is 12.4 Å². The fourth-order valence-electron chi connectivity index (χ4n) is 1.77. The van der Waals surface area contributed by atoms with Crippen LogP contribution >= 0.6 is 12.4 Å². The maximum absolute atomic E-state index is 12.1. The second-order valence-electron chi connectivity index (χ2n) is 4.84. The van der Waals surface area contributed by atoms with Gasteiger partial charge in [-0.2, -0.15) is 0 Å². The summed E-state index contributed by atoms with van der Waals surface area (Å²) in [6.07, 6.45) is -5.06. The van der Waals surface area contributed by atoms with E-state index in [2.05, 4.69) is 4.74 Å². The Kier molecular flexibility index (Phi) is 7.33. The molecule has 116 valence electrons. The normalized spacial score (nSPS) is 14.6. The van der Waals surface area contributed by atoms with Crippen LogP contribution in [0.2, 0.25) is 0 Å². The topological polar surface area (TPSA) is 55.5 Å². The van der Waals surface area contributed by atoms with Crippen LogP contribution in [0.25, 0.3) is 0 Å². The van der Waals surface area contributed by atoms with Crippen LogP contribution in [0.4, 0.5) is 13.2 Å². The molecule has 0 heterocycles. The summed E-state index contributed by atoms with van der Waals surface area (Å²) >= 11 is 0. The van der Waals surface area contributed by atoms with Gasteiger partial charge in [-0.05, 0) is 30.0 Å². The smallest absolute Gasteiger partial charge is 0.406 e. The van der Waals surface area contributed by atoms with Crippen LogP contribution < -0.4 is 10.5 Å². The molecule has 1 rings (SSSR count). The molecule has 0 aliphatic heterocycles. The molecule has 0 aliphatic rings. The zero-order valence-electron chi connectivity index (χ0n) is 11.2. The van der Waals surface area contributed by atoms with Gasteiger partial charge in [0.25, 0.3) is 0 Å². The van der Waals surface area contributed by atoms with E-state index < -0.39 is 18.5 Å². The molecule has 20 heavy (non-hydrogen) atoms. The molecule has 0 aromatic heterocycles. The van der Waals surface area contributed by atoms with Gasteiger partial charge in [-0.3, -0.25) is 0 Å². The van der Waals surface area contributed by atoms with E-state index in [1.54, 1.807) is 6.07 Å². The second kappa shape index (κ2) is 7.71. The van der Waals surface area contributed by atoms with Gasteiger partial charge in [-0.15, -0.1) is 25.6 Å². The molecular formula is C13H19ClF3NO2. The second-order valence-corrected chi connectivity index (χ2v) is 4.84. The standard InChI is InChI=1S/C13H18F3NO2.ClH/c1-8(2)6-11(18)12(17)9-4-3-5-10(7-9)19-13(14,15)16;/h3-5,7-8,11-12,18H,6,17H2,1-2H3;1H/t11-,12+;/m1./s1. The van der Waals surface area contributed by atoms with Crippen molar-refractivity contribution in [3.05, 3.63) is 29.8 Å². The summed E-state index contributed by atoms with van der Waals surface area (Å²) in [6.45, 7) is 3.86. The van der Waals surface area contributed by atoms with E-state index in [4.69, 9.17) is 5.73 Å². The number of alkyl halides is 3. The number of aliphatic hydroxyl groups excluding tert-OH is 1. The van der Waals surface area contributed by atoms with Gasteiger partial charge in [-0.25, -0.2) is 0 Å². The highest BCUT2D eigenvalue weighted by molar-refractivity contribution is 5.85. The quantitative estimate of drug-likeness (QED) is 0.876. The summed E-state index contributed by atoms with van der Waals surface area (Å²) in [6, 6.07) is 4.63. The zero-order chi connectivity index (χ0) is 14.6. The molecular weight excluding hydrogens is 295 g/mol. The number of benzene rings is 1. The van der Waals surface area contributed by atoms with Gasteiger partial charge in [0, 0.05) is 0 Å². The van der Waals surface area contributed by atoms with Crippen LogP contribution in [0.15, 0.2) is 24.3 Å². The molecule has 1 aromatic rings. The van der Waals surface area contributed by atoms with Crippen molar-refractivity contribution in [2.75, 3.05) is 0 Å². The van der Waals surface area contributed by atoms with Crippen molar-refractivity contribution in [1.29, 1.82) is 0 Å². The minimum atomic E-state index is -4.74. The highest BCUT2D eigenvalue weighted by atomic mass is 35.5. The molecule has 0 saturated carbocycles. The van der Waals surface area contributed by atoms with Crippen molar-refractivity contribution < 1.29 is 23.0 Å². The molecule has 3 nitrogen and oxygen atoms in total. The SMILES string of the molecule is CC(C)C[C@@H](O)[C@@H](N)c1cccc(OC(F)(F)F)c1.Cl. The maximum Gasteiger partial charge on any atom is 0.573 e. The van der Waals surface area contributed by atoms with Crippen molar-refractivity contribution in [2.24, 2.45) is 11.7 Å².